The SMILES string of the molecule is OCC(CO)(CO)NCc1coc2ccccc12. The van der Waals surface area contributed by atoms with E-state index < -0.39 is 5.54 Å². The van der Waals surface area contributed by atoms with Gasteiger partial charge < -0.3 is 25.1 Å². The molecule has 0 aliphatic carbocycles. The summed E-state index contributed by atoms with van der Waals surface area (Å²) >= 11 is 0. The maximum atomic E-state index is 9.21. The van der Waals surface area contributed by atoms with Gasteiger partial charge in [0.15, 0.2) is 0 Å². The molecule has 0 fully saturated rings. The van der Waals surface area contributed by atoms with Gasteiger partial charge in [-0.05, 0) is 6.07 Å². The molecule has 1 aromatic carbocycles. The Hall–Kier alpha value is -1.40. The van der Waals surface area contributed by atoms with Gasteiger partial charge in [0.05, 0.1) is 31.6 Å². The van der Waals surface area contributed by atoms with Gasteiger partial charge in [0, 0.05) is 17.5 Å². The average Bonchev–Trinajstić information content (AvgIpc) is 2.85. The summed E-state index contributed by atoms with van der Waals surface area (Å²) in [4.78, 5) is 0. The van der Waals surface area contributed by atoms with E-state index in [4.69, 9.17) is 4.42 Å². The number of para-hydroxylation sites is 1. The fraction of sp³-hybridized carbons (Fsp3) is 0.385. The van der Waals surface area contributed by atoms with Gasteiger partial charge >= 0.3 is 0 Å². The molecule has 18 heavy (non-hydrogen) atoms. The standard InChI is InChI=1S/C13H17NO4/c15-7-13(8-16,9-17)14-5-10-6-18-12-4-2-1-3-11(10)12/h1-4,6,14-17H,5,7-9H2. The Balaban J connectivity index is 2.14. The highest BCUT2D eigenvalue weighted by Crippen LogP contribution is 2.21. The molecule has 0 radical (unpaired) electrons. The van der Waals surface area contributed by atoms with E-state index in [0.29, 0.717) is 6.54 Å². The summed E-state index contributed by atoms with van der Waals surface area (Å²) < 4.78 is 5.39. The highest BCUT2D eigenvalue weighted by molar-refractivity contribution is 5.80. The van der Waals surface area contributed by atoms with Gasteiger partial charge in [-0.3, -0.25) is 0 Å². The fourth-order valence-electron chi connectivity index (χ4n) is 1.77. The van der Waals surface area contributed by atoms with Crippen molar-refractivity contribution in [2.45, 2.75) is 12.1 Å². The lowest BCUT2D eigenvalue weighted by Crippen LogP contribution is -2.54. The molecule has 98 valence electrons. The first kappa shape index (κ1) is 13.0. The molecule has 0 unspecified atom stereocenters. The van der Waals surface area contributed by atoms with Crippen LogP contribution in [0.25, 0.3) is 11.0 Å². The van der Waals surface area contributed by atoms with E-state index in [9.17, 15) is 15.3 Å². The van der Waals surface area contributed by atoms with Crippen LogP contribution in [0.5, 0.6) is 0 Å². The van der Waals surface area contributed by atoms with Crippen molar-refractivity contribution < 1.29 is 19.7 Å². The Morgan fingerprint density at radius 2 is 1.72 bits per heavy atom. The summed E-state index contributed by atoms with van der Waals surface area (Å²) in [5.41, 5.74) is 0.639. The monoisotopic (exact) mass is 251 g/mol. The van der Waals surface area contributed by atoms with E-state index in [2.05, 4.69) is 5.32 Å². The molecule has 0 saturated heterocycles. The van der Waals surface area contributed by atoms with Crippen LogP contribution >= 0.6 is 0 Å². The van der Waals surface area contributed by atoms with Crippen molar-refractivity contribution in [1.82, 2.24) is 5.32 Å². The van der Waals surface area contributed by atoms with Crippen molar-refractivity contribution in [1.29, 1.82) is 0 Å². The zero-order valence-corrected chi connectivity index (χ0v) is 9.97. The molecule has 2 aromatic rings. The summed E-state index contributed by atoms with van der Waals surface area (Å²) in [5, 5.41) is 31.6. The third-order valence-corrected chi connectivity index (χ3v) is 3.12. The van der Waals surface area contributed by atoms with Gasteiger partial charge in [-0.2, -0.15) is 0 Å². The van der Waals surface area contributed by atoms with Crippen molar-refractivity contribution in [2.75, 3.05) is 19.8 Å². The highest BCUT2D eigenvalue weighted by Gasteiger charge is 2.27. The van der Waals surface area contributed by atoms with Crippen LogP contribution in [0.1, 0.15) is 5.56 Å². The molecule has 0 saturated carbocycles. The zero-order valence-electron chi connectivity index (χ0n) is 9.97. The first-order chi connectivity index (χ1) is 8.74. The Bertz CT molecular complexity index is 496. The van der Waals surface area contributed by atoms with Crippen LogP contribution < -0.4 is 5.32 Å². The molecule has 1 heterocycles. The third-order valence-electron chi connectivity index (χ3n) is 3.12. The second-order valence-electron chi connectivity index (χ2n) is 4.37. The smallest absolute Gasteiger partial charge is 0.134 e. The predicted molar refractivity (Wildman–Crippen MR) is 67.0 cm³/mol. The van der Waals surface area contributed by atoms with Crippen LogP contribution in [0.3, 0.4) is 0 Å². The van der Waals surface area contributed by atoms with E-state index in [1.54, 1.807) is 6.26 Å². The summed E-state index contributed by atoms with van der Waals surface area (Å²) in [6.45, 7) is -0.611. The quantitative estimate of drug-likeness (QED) is 0.591. The minimum absolute atomic E-state index is 0.338. The first-order valence-electron chi connectivity index (χ1n) is 5.77. The number of furan rings is 1. The van der Waals surface area contributed by atoms with Gasteiger partial charge in [-0.15, -0.1) is 0 Å². The lowest BCUT2D eigenvalue weighted by molar-refractivity contribution is 0.0414. The van der Waals surface area contributed by atoms with Crippen LogP contribution in [-0.4, -0.2) is 40.7 Å². The van der Waals surface area contributed by atoms with Gasteiger partial charge in [0.25, 0.3) is 0 Å². The van der Waals surface area contributed by atoms with E-state index in [1.807, 2.05) is 24.3 Å². The maximum Gasteiger partial charge on any atom is 0.134 e. The molecule has 1 aromatic heterocycles. The largest absolute Gasteiger partial charge is 0.464 e. The zero-order chi connectivity index (χ0) is 13.0. The van der Waals surface area contributed by atoms with Gasteiger partial charge in [-0.1, -0.05) is 18.2 Å². The third kappa shape index (κ3) is 2.39. The summed E-state index contributed by atoms with van der Waals surface area (Å²) in [6, 6.07) is 7.62. The number of hydrogen-bond acceptors (Lipinski definition) is 5. The molecule has 0 aliphatic rings. The number of hydrogen-bond donors (Lipinski definition) is 4. The van der Waals surface area contributed by atoms with Crippen LogP contribution in [-0.2, 0) is 6.54 Å². The number of aliphatic hydroxyl groups is 3. The molecular formula is C13H17NO4. The summed E-state index contributed by atoms with van der Waals surface area (Å²) in [6.07, 6.45) is 1.63. The number of rotatable bonds is 6. The Morgan fingerprint density at radius 3 is 2.39 bits per heavy atom. The molecule has 0 spiro atoms. The highest BCUT2D eigenvalue weighted by atomic mass is 16.3. The summed E-state index contributed by atoms with van der Waals surface area (Å²) in [7, 11) is 0. The Labute approximate surface area is 105 Å². The molecule has 5 nitrogen and oxygen atoms in total. The van der Waals surface area contributed by atoms with Crippen LogP contribution in [0.4, 0.5) is 0 Å². The van der Waals surface area contributed by atoms with E-state index in [1.165, 1.54) is 0 Å². The van der Waals surface area contributed by atoms with Crippen molar-refractivity contribution in [3.05, 3.63) is 36.1 Å². The van der Waals surface area contributed by atoms with Gasteiger partial charge in [0.2, 0.25) is 0 Å². The second kappa shape index (κ2) is 5.49. The molecule has 0 bridgehead atoms. The van der Waals surface area contributed by atoms with Crippen molar-refractivity contribution in [3.8, 4) is 0 Å². The molecule has 0 amide bonds. The second-order valence-corrected chi connectivity index (χ2v) is 4.37. The number of aliphatic hydroxyl groups excluding tert-OH is 3. The molecule has 5 heteroatoms. The average molecular weight is 251 g/mol. The minimum atomic E-state index is -1.07. The maximum absolute atomic E-state index is 9.21. The van der Waals surface area contributed by atoms with Crippen LogP contribution in [0.15, 0.2) is 34.9 Å². The molecule has 2 rings (SSSR count). The number of fused-ring (bicyclic) bond motifs is 1. The predicted octanol–water partition coefficient (Wildman–Crippen LogP) is 0.238. The van der Waals surface area contributed by atoms with E-state index >= 15 is 0 Å². The molecule has 0 aliphatic heterocycles. The van der Waals surface area contributed by atoms with Crippen LogP contribution in [0, 0.1) is 0 Å². The van der Waals surface area contributed by atoms with Crippen molar-refractivity contribution in [3.63, 3.8) is 0 Å². The number of nitrogens with one attached hydrogen (secondary N) is 1. The normalized spacial score (nSPS) is 12.2. The Morgan fingerprint density at radius 1 is 1.06 bits per heavy atom. The van der Waals surface area contributed by atoms with Crippen LogP contribution in [0.2, 0.25) is 0 Å². The lowest BCUT2D eigenvalue weighted by Gasteiger charge is -2.28. The molecule has 0 atom stereocenters. The first-order valence-corrected chi connectivity index (χ1v) is 5.77. The van der Waals surface area contributed by atoms with Gasteiger partial charge in [-0.25, -0.2) is 0 Å². The van der Waals surface area contributed by atoms with Crippen molar-refractivity contribution in [2.24, 2.45) is 0 Å². The summed E-state index contributed by atoms with van der Waals surface area (Å²) in [5.74, 6) is 0. The van der Waals surface area contributed by atoms with Crippen molar-refractivity contribution >= 4 is 11.0 Å². The van der Waals surface area contributed by atoms with Gasteiger partial charge in [0.1, 0.15) is 5.58 Å². The minimum Gasteiger partial charge on any atom is -0.464 e. The van der Waals surface area contributed by atoms with E-state index in [-0.39, 0.29) is 19.8 Å². The topological polar surface area (TPSA) is 85.9 Å². The fourth-order valence-corrected chi connectivity index (χ4v) is 1.77. The molecule has 4 N–H and O–H groups in total. The molecular weight excluding hydrogens is 234 g/mol. The Kier molecular flexibility index (Phi) is 3.98. The van der Waals surface area contributed by atoms with E-state index in [0.717, 1.165) is 16.5 Å². The lowest BCUT2D eigenvalue weighted by atomic mass is 10.0. The number of benzene rings is 1.